The van der Waals surface area contributed by atoms with Gasteiger partial charge in [-0.1, -0.05) is 11.6 Å². The van der Waals surface area contributed by atoms with E-state index in [4.69, 9.17) is 14.6 Å². The number of ether oxygens (including phenoxy) is 2. The standard InChI is InChI=1S/C17H16O4/c1-12-3-9-16(13(11-12)4-10-17(18)19)21-15-7-5-14(20-2)6-8-15/h3-11H,1-2H3,(H,18,19)/b10-4+. The Kier molecular flexibility index (Phi) is 4.61. The van der Waals surface area contributed by atoms with Crippen LogP contribution in [0.1, 0.15) is 11.1 Å². The van der Waals surface area contributed by atoms with E-state index >= 15 is 0 Å². The number of benzene rings is 2. The van der Waals surface area contributed by atoms with E-state index in [1.807, 2.05) is 25.1 Å². The largest absolute Gasteiger partial charge is 0.497 e. The number of aliphatic carboxylic acids is 1. The number of carboxylic acid groups (broad SMARTS) is 1. The monoisotopic (exact) mass is 284 g/mol. The molecule has 0 saturated carbocycles. The molecule has 0 saturated heterocycles. The summed E-state index contributed by atoms with van der Waals surface area (Å²) in [7, 11) is 1.60. The van der Waals surface area contributed by atoms with Crippen molar-refractivity contribution in [2.75, 3.05) is 7.11 Å². The van der Waals surface area contributed by atoms with Crippen LogP contribution in [0, 0.1) is 6.92 Å². The summed E-state index contributed by atoms with van der Waals surface area (Å²) in [4.78, 5) is 10.7. The van der Waals surface area contributed by atoms with Crippen molar-refractivity contribution in [1.29, 1.82) is 0 Å². The molecule has 0 fully saturated rings. The Balaban J connectivity index is 2.27. The molecule has 0 spiro atoms. The Labute approximate surface area is 123 Å². The van der Waals surface area contributed by atoms with Gasteiger partial charge in [0, 0.05) is 11.6 Å². The highest BCUT2D eigenvalue weighted by Gasteiger charge is 2.04. The second-order valence-corrected chi connectivity index (χ2v) is 4.49. The van der Waals surface area contributed by atoms with Crippen LogP contribution in [-0.2, 0) is 4.79 Å². The molecular formula is C17H16O4. The first kappa shape index (κ1) is 14.7. The fourth-order valence-corrected chi connectivity index (χ4v) is 1.82. The summed E-state index contributed by atoms with van der Waals surface area (Å²) in [5, 5.41) is 8.74. The molecule has 0 aromatic heterocycles. The smallest absolute Gasteiger partial charge is 0.328 e. The summed E-state index contributed by atoms with van der Waals surface area (Å²) in [5.74, 6) is 1.01. The molecular weight excluding hydrogens is 268 g/mol. The summed E-state index contributed by atoms with van der Waals surface area (Å²) < 4.78 is 10.9. The molecule has 0 aliphatic carbocycles. The van der Waals surface area contributed by atoms with Crippen molar-refractivity contribution in [2.24, 2.45) is 0 Å². The predicted octanol–water partition coefficient (Wildman–Crippen LogP) is 3.89. The van der Waals surface area contributed by atoms with Gasteiger partial charge in [0.05, 0.1) is 7.11 Å². The second kappa shape index (κ2) is 6.61. The van der Waals surface area contributed by atoms with Crippen LogP contribution in [0.3, 0.4) is 0 Å². The summed E-state index contributed by atoms with van der Waals surface area (Å²) in [6.45, 7) is 1.94. The number of carbonyl (C=O) groups is 1. The molecule has 2 rings (SSSR count). The van der Waals surface area contributed by atoms with Crippen LogP contribution < -0.4 is 9.47 Å². The van der Waals surface area contributed by atoms with Gasteiger partial charge in [-0.2, -0.15) is 0 Å². The van der Waals surface area contributed by atoms with Crippen molar-refractivity contribution in [3.8, 4) is 17.2 Å². The van der Waals surface area contributed by atoms with Gasteiger partial charge in [0.2, 0.25) is 0 Å². The lowest BCUT2D eigenvalue weighted by Crippen LogP contribution is -1.91. The van der Waals surface area contributed by atoms with Crippen LogP contribution in [-0.4, -0.2) is 18.2 Å². The molecule has 0 aliphatic rings. The summed E-state index contributed by atoms with van der Waals surface area (Å²) >= 11 is 0. The molecule has 108 valence electrons. The predicted molar refractivity (Wildman–Crippen MR) is 80.9 cm³/mol. The minimum atomic E-state index is -0.994. The molecule has 21 heavy (non-hydrogen) atoms. The van der Waals surface area contributed by atoms with E-state index in [0.29, 0.717) is 17.1 Å². The summed E-state index contributed by atoms with van der Waals surface area (Å²) in [6, 6.07) is 12.8. The van der Waals surface area contributed by atoms with E-state index < -0.39 is 5.97 Å². The zero-order valence-electron chi connectivity index (χ0n) is 11.9. The van der Waals surface area contributed by atoms with E-state index in [2.05, 4.69) is 0 Å². The van der Waals surface area contributed by atoms with Crippen LogP contribution in [0.5, 0.6) is 17.2 Å². The molecule has 0 heterocycles. The van der Waals surface area contributed by atoms with E-state index in [0.717, 1.165) is 17.4 Å². The fourth-order valence-electron chi connectivity index (χ4n) is 1.82. The lowest BCUT2D eigenvalue weighted by Gasteiger charge is -2.10. The Morgan fingerprint density at radius 1 is 1.10 bits per heavy atom. The maximum atomic E-state index is 10.7. The van der Waals surface area contributed by atoms with Gasteiger partial charge in [-0.05, 0) is 49.4 Å². The Morgan fingerprint density at radius 3 is 2.38 bits per heavy atom. The van der Waals surface area contributed by atoms with E-state index in [1.165, 1.54) is 6.08 Å². The van der Waals surface area contributed by atoms with E-state index in [1.54, 1.807) is 31.4 Å². The third-order valence-electron chi connectivity index (χ3n) is 2.86. The van der Waals surface area contributed by atoms with Crippen LogP contribution in [0.25, 0.3) is 6.08 Å². The van der Waals surface area contributed by atoms with E-state index in [9.17, 15) is 4.79 Å². The summed E-state index contributed by atoms with van der Waals surface area (Å²) in [6.07, 6.45) is 2.61. The topological polar surface area (TPSA) is 55.8 Å². The zero-order valence-corrected chi connectivity index (χ0v) is 11.9. The second-order valence-electron chi connectivity index (χ2n) is 4.49. The SMILES string of the molecule is COc1ccc(Oc2ccc(C)cc2/C=C/C(=O)O)cc1. The summed E-state index contributed by atoms with van der Waals surface area (Å²) in [5.41, 5.74) is 1.75. The van der Waals surface area contributed by atoms with E-state index in [-0.39, 0.29) is 0 Å². The van der Waals surface area contributed by atoms with Crippen molar-refractivity contribution in [2.45, 2.75) is 6.92 Å². The fraction of sp³-hybridized carbons (Fsp3) is 0.118. The molecule has 4 heteroatoms. The van der Waals surface area contributed by atoms with Gasteiger partial charge in [-0.3, -0.25) is 0 Å². The highest BCUT2D eigenvalue weighted by atomic mass is 16.5. The van der Waals surface area contributed by atoms with Crippen molar-refractivity contribution in [3.63, 3.8) is 0 Å². The number of rotatable bonds is 5. The first-order chi connectivity index (χ1) is 10.1. The lowest BCUT2D eigenvalue weighted by molar-refractivity contribution is -0.131. The number of aryl methyl sites for hydroxylation is 1. The molecule has 0 atom stereocenters. The number of hydrogen-bond donors (Lipinski definition) is 1. The minimum absolute atomic E-state index is 0.600. The van der Waals surface area contributed by atoms with Crippen molar-refractivity contribution in [3.05, 3.63) is 59.7 Å². The maximum absolute atomic E-state index is 10.7. The van der Waals surface area contributed by atoms with Crippen molar-refractivity contribution in [1.82, 2.24) is 0 Å². The third kappa shape index (κ3) is 4.11. The first-order valence-corrected chi connectivity index (χ1v) is 6.42. The molecule has 2 aromatic carbocycles. The normalized spacial score (nSPS) is 10.6. The van der Waals surface area contributed by atoms with Crippen molar-refractivity contribution < 1.29 is 19.4 Å². The maximum Gasteiger partial charge on any atom is 0.328 e. The van der Waals surface area contributed by atoms with Crippen molar-refractivity contribution >= 4 is 12.0 Å². The minimum Gasteiger partial charge on any atom is -0.497 e. The number of hydrogen-bond acceptors (Lipinski definition) is 3. The van der Waals surface area contributed by atoms with Crippen LogP contribution >= 0.6 is 0 Å². The first-order valence-electron chi connectivity index (χ1n) is 6.42. The third-order valence-corrected chi connectivity index (χ3v) is 2.86. The Hall–Kier alpha value is -2.75. The molecule has 0 unspecified atom stereocenters. The highest BCUT2D eigenvalue weighted by molar-refractivity contribution is 5.86. The van der Waals surface area contributed by atoms with Crippen LogP contribution in [0.15, 0.2) is 48.5 Å². The van der Waals surface area contributed by atoms with Gasteiger partial charge in [0.25, 0.3) is 0 Å². The Bertz CT molecular complexity index is 657. The average Bonchev–Trinajstić information content (AvgIpc) is 2.48. The quantitative estimate of drug-likeness (QED) is 0.846. The number of methoxy groups -OCH3 is 1. The van der Waals surface area contributed by atoms with Crippen LogP contribution in [0.2, 0.25) is 0 Å². The average molecular weight is 284 g/mol. The zero-order chi connectivity index (χ0) is 15.2. The highest BCUT2D eigenvalue weighted by Crippen LogP contribution is 2.28. The molecule has 4 nitrogen and oxygen atoms in total. The van der Waals surface area contributed by atoms with Gasteiger partial charge < -0.3 is 14.6 Å². The number of carboxylic acids is 1. The molecule has 0 bridgehead atoms. The molecule has 0 aliphatic heterocycles. The van der Waals surface area contributed by atoms with Gasteiger partial charge in [-0.15, -0.1) is 0 Å². The molecule has 1 N–H and O–H groups in total. The van der Waals surface area contributed by atoms with Gasteiger partial charge in [-0.25, -0.2) is 4.79 Å². The lowest BCUT2D eigenvalue weighted by atomic mass is 10.1. The molecule has 0 radical (unpaired) electrons. The van der Waals surface area contributed by atoms with Crippen LogP contribution in [0.4, 0.5) is 0 Å². The Morgan fingerprint density at radius 2 is 1.76 bits per heavy atom. The van der Waals surface area contributed by atoms with Gasteiger partial charge >= 0.3 is 5.97 Å². The van der Waals surface area contributed by atoms with Gasteiger partial charge in [0.1, 0.15) is 17.2 Å². The molecule has 2 aromatic rings. The van der Waals surface area contributed by atoms with Gasteiger partial charge in [0.15, 0.2) is 0 Å². The molecule has 0 amide bonds.